The molecule has 1 unspecified atom stereocenters. The minimum atomic E-state index is -4.10. The number of methoxy groups -OCH3 is 1. The number of rotatable bonds is 4. The fourth-order valence-corrected chi connectivity index (χ4v) is 2.32. The first kappa shape index (κ1) is 13.4. The van der Waals surface area contributed by atoms with Gasteiger partial charge < -0.3 is 9.72 Å². The summed E-state index contributed by atoms with van der Waals surface area (Å²) >= 11 is 0. The lowest BCUT2D eigenvalue weighted by Crippen LogP contribution is -2.28. The van der Waals surface area contributed by atoms with Crippen LogP contribution in [0.15, 0.2) is 0 Å². The van der Waals surface area contributed by atoms with E-state index in [1.807, 2.05) is 0 Å². The van der Waals surface area contributed by atoms with Crippen molar-refractivity contribution in [3.05, 3.63) is 17.2 Å². The van der Waals surface area contributed by atoms with Gasteiger partial charge in [0.05, 0.1) is 11.6 Å². The number of ether oxygens (including phenoxy) is 1. The van der Waals surface area contributed by atoms with Crippen molar-refractivity contribution in [2.45, 2.75) is 38.3 Å². The molecule has 0 saturated carbocycles. The lowest BCUT2D eigenvalue weighted by Gasteiger charge is -2.23. The van der Waals surface area contributed by atoms with E-state index in [0.29, 0.717) is 18.7 Å². The number of aryl methyl sites for hydroxylation is 2. The molecule has 0 aliphatic heterocycles. The molecule has 0 amide bonds. The number of fused-ring (bicyclic) bond motifs is 1. The molecule has 1 aromatic heterocycles. The molecule has 1 aromatic rings. The number of nitrogens with zero attached hydrogens (tertiary/aromatic N) is 1. The second-order valence-corrected chi connectivity index (χ2v) is 4.69. The van der Waals surface area contributed by atoms with Crippen molar-refractivity contribution in [3.63, 3.8) is 0 Å². The summed E-state index contributed by atoms with van der Waals surface area (Å²) in [5.74, 6) is -0.447. The number of aromatic amines is 1. The first-order valence-corrected chi connectivity index (χ1v) is 6.13. The molecule has 1 aliphatic carbocycles. The third kappa shape index (κ3) is 3.04. The van der Waals surface area contributed by atoms with Gasteiger partial charge >= 0.3 is 6.18 Å². The summed E-state index contributed by atoms with van der Waals surface area (Å²) in [5.41, 5.74) is 1.47. The summed E-state index contributed by atoms with van der Waals surface area (Å²) in [5, 5.41) is 0. The van der Waals surface area contributed by atoms with Crippen molar-refractivity contribution in [3.8, 4) is 0 Å². The van der Waals surface area contributed by atoms with Gasteiger partial charge in [-0.2, -0.15) is 13.2 Å². The van der Waals surface area contributed by atoms with Crippen LogP contribution < -0.4 is 0 Å². The Bertz CT molecular complexity index is 401. The molecular weight excluding hydrogens is 245 g/mol. The maximum absolute atomic E-state index is 12.6. The van der Waals surface area contributed by atoms with Gasteiger partial charge in [-0.05, 0) is 19.3 Å². The maximum Gasteiger partial charge on any atom is 0.392 e. The normalized spacial score (nSPS) is 19.9. The Hall–Kier alpha value is -1.04. The van der Waals surface area contributed by atoms with Crippen molar-refractivity contribution in [2.24, 2.45) is 5.92 Å². The maximum atomic E-state index is 12.6. The van der Waals surface area contributed by atoms with Crippen molar-refractivity contribution < 1.29 is 17.9 Å². The topological polar surface area (TPSA) is 37.9 Å². The Labute approximate surface area is 104 Å². The highest BCUT2D eigenvalue weighted by Crippen LogP contribution is 2.36. The van der Waals surface area contributed by atoms with Crippen LogP contribution in [0.25, 0.3) is 0 Å². The van der Waals surface area contributed by atoms with E-state index in [2.05, 4.69) is 9.97 Å². The zero-order chi connectivity index (χ0) is 13.2. The first-order valence-electron chi connectivity index (χ1n) is 6.13. The number of alkyl halides is 3. The third-order valence-electron chi connectivity index (χ3n) is 3.32. The van der Waals surface area contributed by atoms with Crippen LogP contribution in [0.1, 0.15) is 30.1 Å². The van der Waals surface area contributed by atoms with Crippen LogP contribution in [-0.2, 0) is 24.0 Å². The molecule has 0 spiro atoms. The molecule has 1 aliphatic rings. The molecule has 18 heavy (non-hydrogen) atoms. The largest absolute Gasteiger partial charge is 0.392 e. The van der Waals surface area contributed by atoms with E-state index in [9.17, 15) is 13.2 Å². The highest BCUT2D eigenvalue weighted by Gasteiger charge is 2.41. The molecule has 6 heteroatoms. The zero-order valence-corrected chi connectivity index (χ0v) is 10.3. The van der Waals surface area contributed by atoms with Crippen LogP contribution in [0.4, 0.5) is 13.2 Å². The van der Waals surface area contributed by atoms with E-state index in [-0.39, 0.29) is 12.8 Å². The van der Waals surface area contributed by atoms with E-state index in [4.69, 9.17) is 4.74 Å². The lowest BCUT2D eigenvalue weighted by atomic mass is 9.89. The molecule has 0 radical (unpaired) electrons. The molecule has 2 rings (SSSR count). The number of aromatic nitrogens is 2. The molecule has 1 atom stereocenters. The minimum Gasteiger partial charge on any atom is -0.385 e. The predicted octanol–water partition coefficient (Wildman–Crippen LogP) is 2.66. The predicted molar refractivity (Wildman–Crippen MR) is 60.4 cm³/mol. The second kappa shape index (κ2) is 5.30. The number of hydrogen-bond acceptors (Lipinski definition) is 2. The van der Waals surface area contributed by atoms with Gasteiger partial charge in [0.15, 0.2) is 0 Å². The molecule has 0 saturated heterocycles. The van der Waals surface area contributed by atoms with E-state index in [1.54, 1.807) is 7.11 Å². The summed E-state index contributed by atoms with van der Waals surface area (Å²) in [6.07, 6.45) is -1.95. The van der Waals surface area contributed by atoms with Crippen LogP contribution in [0.5, 0.6) is 0 Å². The number of halogens is 3. The number of nitrogens with one attached hydrogen (secondary N) is 1. The molecule has 102 valence electrons. The zero-order valence-electron chi connectivity index (χ0n) is 10.3. The standard InChI is InChI=1S/C12H17F3N2O/c1-18-6-2-3-11-16-9-5-4-8(12(13,14)15)7-10(9)17-11/h8H,2-7H2,1H3,(H,16,17). The lowest BCUT2D eigenvalue weighted by molar-refractivity contribution is -0.177. The van der Waals surface area contributed by atoms with E-state index in [1.165, 1.54) is 0 Å². The van der Waals surface area contributed by atoms with Crippen molar-refractivity contribution in [1.82, 2.24) is 9.97 Å². The third-order valence-corrected chi connectivity index (χ3v) is 3.32. The summed E-state index contributed by atoms with van der Waals surface area (Å²) in [7, 11) is 1.63. The Morgan fingerprint density at radius 1 is 1.44 bits per heavy atom. The minimum absolute atomic E-state index is 0.0378. The fourth-order valence-electron chi connectivity index (χ4n) is 2.32. The number of H-pyrrole nitrogens is 1. The first-order chi connectivity index (χ1) is 8.50. The van der Waals surface area contributed by atoms with Gasteiger partial charge in [-0.1, -0.05) is 0 Å². The van der Waals surface area contributed by atoms with Crippen LogP contribution in [0.2, 0.25) is 0 Å². The summed E-state index contributed by atoms with van der Waals surface area (Å²) in [4.78, 5) is 7.39. The van der Waals surface area contributed by atoms with Gasteiger partial charge in [0.25, 0.3) is 0 Å². The monoisotopic (exact) mass is 262 g/mol. The van der Waals surface area contributed by atoms with Crippen molar-refractivity contribution in [2.75, 3.05) is 13.7 Å². The molecule has 1 N–H and O–H groups in total. The average molecular weight is 262 g/mol. The average Bonchev–Trinajstić information content (AvgIpc) is 2.69. The van der Waals surface area contributed by atoms with Gasteiger partial charge in [0.2, 0.25) is 0 Å². The van der Waals surface area contributed by atoms with Crippen LogP contribution in [0.3, 0.4) is 0 Å². The second-order valence-electron chi connectivity index (χ2n) is 4.69. The SMILES string of the molecule is COCCCc1nc2c([nH]1)CC(C(F)(F)F)CC2. The molecule has 1 heterocycles. The quantitative estimate of drug-likeness (QED) is 0.847. The van der Waals surface area contributed by atoms with Gasteiger partial charge in [0.1, 0.15) is 5.82 Å². The van der Waals surface area contributed by atoms with Gasteiger partial charge in [-0.15, -0.1) is 0 Å². The number of imidazole rings is 1. The Morgan fingerprint density at radius 2 is 2.22 bits per heavy atom. The highest BCUT2D eigenvalue weighted by molar-refractivity contribution is 5.19. The molecule has 0 aromatic carbocycles. The summed E-state index contributed by atoms with van der Waals surface area (Å²) in [6.45, 7) is 0.635. The molecule has 3 nitrogen and oxygen atoms in total. The Kier molecular flexibility index (Phi) is 3.94. The van der Waals surface area contributed by atoms with E-state index in [0.717, 1.165) is 24.4 Å². The highest BCUT2D eigenvalue weighted by atomic mass is 19.4. The number of hydrogen-bond donors (Lipinski definition) is 1. The fraction of sp³-hybridized carbons (Fsp3) is 0.750. The van der Waals surface area contributed by atoms with E-state index < -0.39 is 12.1 Å². The Morgan fingerprint density at radius 3 is 2.89 bits per heavy atom. The summed E-state index contributed by atoms with van der Waals surface area (Å²) < 4.78 is 42.9. The van der Waals surface area contributed by atoms with Crippen molar-refractivity contribution >= 4 is 0 Å². The van der Waals surface area contributed by atoms with Crippen LogP contribution in [-0.4, -0.2) is 29.9 Å². The van der Waals surface area contributed by atoms with Gasteiger partial charge in [-0.3, -0.25) is 0 Å². The molecule has 0 bridgehead atoms. The Balaban J connectivity index is 2.00. The smallest absolute Gasteiger partial charge is 0.385 e. The van der Waals surface area contributed by atoms with Gasteiger partial charge in [-0.25, -0.2) is 4.98 Å². The molecular formula is C12H17F3N2O. The summed E-state index contributed by atoms with van der Waals surface area (Å²) in [6, 6.07) is 0. The van der Waals surface area contributed by atoms with E-state index >= 15 is 0 Å². The van der Waals surface area contributed by atoms with Crippen LogP contribution in [0, 0.1) is 5.92 Å². The van der Waals surface area contributed by atoms with Crippen LogP contribution >= 0.6 is 0 Å². The van der Waals surface area contributed by atoms with Crippen molar-refractivity contribution in [1.29, 1.82) is 0 Å². The molecule has 0 fully saturated rings. The van der Waals surface area contributed by atoms with Gasteiger partial charge in [0, 0.05) is 32.3 Å².